The molecule has 0 radical (unpaired) electrons. The molecule has 9 heteroatoms. The number of pyridine rings is 1. The van der Waals surface area contributed by atoms with E-state index in [0.717, 1.165) is 4.90 Å². The largest absolute Gasteiger partial charge is 0.505 e. The fourth-order valence-corrected chi connectivity index (χ4v) is 2.22. The second-order valence-corrected chi connectivity index (χ2v) is 4.73. The predicted octanol–water partition coefficient (Wildman–Crippen LogP) is 1.27. The van der Waals surface area contributed by atoms with Crippen molar-refractivity contribution >= 4 is 11.9 Å². The number of carbonyl (C=O) groups excluding carboxylic acids is 1. The molecule has 1 saturated heterocycles. The molecule has 0 aliphatic carbocycles. The fourth-order valence-electron chi connectivity index (χ4n) is 2.22. The number of aromatic nitrogens is 1. The summed E-state index contributed by atoms with van der Waals surface area (Å²) in [5.74, 6) is -3.42. The number of nitrogens with zero attached hydrogens (tertiary/aromatic N) is 2. The third-order valence-corrected chi connectivity index (χ3v) is 3.50. The SMILES string of the molecule is O=C(c1ncccc1O)N1CCC(C(=O)O)(C(F)(F)F)C1. The summed E-state index contributed by atoms with van der Waals surface area (Å²) in [4.78, 5) is 27.4. The zero-order valence-electron chi connectivity index (χ0n) is 10.6. The van der Waals surface area contributed by atoms with E-state index in [1.807, 2.05) is 0 Å². The average Bonchev–Trinajstić information content (AvgIpc) is 2.84. The molecule has 6 nitrogen and oxygen atoms in total. The monoisotopic (exact) mass is 304 g/mol. The Morgan fingerprint density at radius 1 is 1.38 bits per heavy atom. The highest BCUT2D eigenvalue weighted by atomic mass is 19.4. The van der Waals surface area contributed by atoms with Gasteiger partial charge in [0.15, 0.2) is 11.1 Å². The maximum absolute atomic E-state index is 13.0. The number of likely N-dealkylation sites (tertiary alicyclic amines) is 1. The van der Waals surface area contributed by atoms with E-state index >= 15 is 0 Å². The average molecular weight is 304 g/mol. The van der Waals surface area contributed by atoms with Crippen LogP contribution in [0.25, 0.3) is 0 Å². The lowest BCUT2D eigenvalue weighted by Gasteiger charge is -2.27. The van der Waals surface area contributed by atoms with Gasteiger partial charge in [0, 0.05) is 19.3 Å². The molecule has 1 aromatic rings. The van der Waals surface area contributed by atoms with Crippen LogP contribution < -0.4 is 0 Å². The molecule has 0 bridgehead atoms. The molecule has 0 aromatic carbocycles. The molecule has 1 aromatic heterocycles. The van der Waals surface area contributed by atoms with E-state index in [4.69, 9.17) is 5.11 Å². The Labute approximate surface area is 116 Å². The molecule has 1 fully saturated rings. The smallest absolute Gasteiger partial charge is 0.406 e. The molecule has 0 spiro atoms. The van der Waals surface area contributed by atoms with Crippen LogP contribution in [-0.4, -0.2) is 51.2 Å². The second-order valence-electron chi connectivity index (χ2n) is 4.73. The van der Waals surface area contributed by atoms with E-state index in [0.29, 0.717) is 0 Å². The van der Waals surface area contributed by atoms with E-state index in [1.54, 1.807) is 0 Å². The Morgan fingerprint density at radius 2 is 2.05 bits per heavy atom. The number of halogens is 3. The fraction of sp³-hybridized carbons (Fsp3) is 0.417. The van der Waals surface area contributed by atoms with Crippen molar-refractivity contribution in [1.29, 1.82) is 0 Å². The van der Waals surface area contributed by atoms with Crippen molar-refractivity contribution in [2.45, 2.75) is 12.6 Å². The third-order valence-electron chi connectivity index (χ3n) is 3.50. The maximum Gasteiger partial charge on any atom is 0.406 e. The molecule has 1 aliphatic heterocycles. The summed E-state index contributed by atoms with van der Waals surface area (Å²) in [7, 11) is 0. The van der Waals surface area contributed by atoms with Crippen LogP contribution in [0.3, 0.4) is 0 Å². The highest BCUT2D eigenvalue weighted by molar-refractivity contribution is 5.95. The highest BCUT2D eigenvalue weighted by Gasteiger charge is 2.64. The zero-order valence-corrected chi connectivity index (χ0v) is 10.6. The first kappa shape index (κ1) is 15.1. The van der Waals surface area contributed by atoms with Gasteiger partial charge in [-0.3, -0.25) is 9.59 Å². The molecule has 1 aliphatic rings. The number of alkyl halides is 3. The lowest BCUT2D eigenvalue weighted by atomic mass is 9.86. The van der Waals surface area contributed by atoms with Crippen LogP contribution in [0.5, 0.6) is 5.75 Å². The Morgan fingerprint density at radius 3 is 2.52 bits per heavy atom. The van der Waals surface area contributed by atoms with Crippen molar-refractivity contribution in [3.05, 3.63) is 24.0 Å². The molecule has 2 heterocycles. The predicted molar refractivity (Wildman–Crippen MR) is 62.5 cm³/mol. The van der Waals surface area contributed by atoms with Crippen molar-refractivity contribution in [3.63, 3.8) is 0 Å². The topological polar surface area (TPSA) is 90.7 Å². The molecule has 1 atom stereocenters. The van der Waals surface area contributed by atoms with Crippen molar-refractivity contribution in [3.8, 4) is 5.75 Å². The minimum Gasteiger partial charge on any atom is -0.505 e. The summed E-state index contributed by atoms with van der Waals surface area (Å²) in [5.41, 5.74) is -3.38. The molecule has 2 N–H and O–H groups in total. The van der Waals surface area contributed by atoms with Crippen LogP contribution in [0.2, 0.25) is 0 Å². The number of carboxylic acids is 1. The number of hydrogen-bond acceptors (Lipinski definition) is 4. The Kier molecular flexibility index (Phi) is 3.52. The number of carboxylic acid groups (broad SMARTS) is 1. The van der Waals surface area contributed by atoms with Gasteiger partial charge in [-0.15, -0.1) is 0 Å². The van der Waals surface area contributed by atoms with Crippen LogP contribution in [0.15, 0.2) is 18.3 Å². The Hall–Kier alpha value is -2.32. The van der Waals surface area contributed by atoms with E-state index < -0.39 is 47.9 Å². The lowest BCUT2D eigenvalue weighted by molar-refractivity contribution is -0.227. The first-order valence-corrected chi connectivity index (χ1v) is 5.92. The number of carbonyl (C=O) groups is 2. The van der Waals surface area contributed by atoms with Gasteiger partial charge in [0.1, 0.15) is 5.75 Å². The van der Waals surface area contributed by atoms with E-state index in [-0.39, 0.29) is 6.54 Å². The van der Waals surface area contributed by atoms with Gasteiger partial charge in [0.05, 0.1) is 0 Å². The van der Waals surface area contributed by atoms with Crippen LogP contribution in [-0.2, 0) is 4.79 Å². The van der Waals surface area contributed by atoms with Gasteiger partial charge in [-0.05, 0) is 18.6 Å². The minimum absolute atomic E-state index is 0.374. The summed E-state index contributed by atoms with van der Waals surface area (Å²) >= 11 is 0. The summed E-state index contributed by atoms with van der Waals surface area (Å²) < 4.78 is 39.0. The Bertz CT molecular complexity index is 590. The van der Waals surface area contributed by atoms with E-state index in [2.05, 4.69) is 4.98 Å². The molecule has 0 saturated carbocycles. The van der Waals surface area contributed by atoms with Crippen LogP contribution in [0.4, 0.5) is 13.2 Å². The van der Waals surface area contributed by atoms with E-state index in [1.165, 1.54) is 18.3 Å². The number of aliphatic carboxylic acids is 1. The Balaban J connectivity index is 2.28. The summed E-state index contributed by atoms with van der Waals surface area (Å²) in [6, 6.07) is 2.53. The molecule has 1 unspecified atom stereocenters. The number of aromatic hydroxyl groups is 1. The molecular weight excluding hydrogens is 293 g/mol. The molecular formula is C12H11F3N2O4. The molecule has 114 valence electrons. The quantitative estimate of drug-likeness (QED) is 0.858. The van der Waals surface area contributed by atoms with Crippen molar-refractivity contribution < 1.29 is 33.0 Å². The second kappa shape index (κ2) is 4.90. The summed E-state index contributed by atoms with van der Waals surface area (Å²) in [5, 5.41) is 18.4. The molecule has 21 heavy (non-hydrogen) atoms. The summed E-state index contributed by atoms with van der Waals surface area (Å²) in [6.45, 7) is -1.37. The van der Waals surface area contributed by atoms with Crippen molar-refractivity contribution in [2.24, 2.45) is 5.41 Å². The lowest BCUT2D eigenvalue weighted by Crippen LogP contribution is -2.47. The first-order chi connectivity index (χ1) is 9.69. The normalized spacial score (nSPS) is 22.3. The van der Waals surface area contributed by atoms with Gasteiger partial charge in [0.25, 0.3) is 5.91 Å². The van der Waals surface area contributed by atoms with Gasteiger partial charge >= 0.3 is 12.1 Å². The zero-order chi connectivity index (χ0) is 15.8. The van der Waals surface area contributed by atoms with Gasteiger partial charge in [-0.2, -0.15) is 13.2 Å². The first-order valence-electron chi connectivity index (χ1n) is 5.92. The maximum atomic E-state index is 13.0. The summed E-state index contributed by atoms with van der Waals surface area (Å²) in [6.07, 6.45) is -4.50. The van der Waals surface area contributed by atoms with E-state index in [9.17, 15) is 27.9 Å². The van der Waals surface area contributed by atoms with Gasteiger partial charge in [-0.25, -0.2) is 4.98 Å². The number of rotatable bonds is 2. The van der Waals surface area contributed by atoms with Crippen LogP contribution in [0, 0.1) is 5.41 Å². The van der Waals surface area contributed by atoms with Crippen molar-refractivity contribution in [2.75, 3.05) is 13.1 Å². The van der Waals surface area contributed by atoms with Gasteiger partial charge < -0.3 is 15.1 Å². The minimum atomic E-state index is -4.97. The standard InChI is InChI=1S/C12H11F3N2O4/c13-12(14,15)11(10(20)21)3-5-17(6-11)9(19)8-7(18)2-1-4-16-8/h1-2,4,18H,3,5-6H2,(H,20,21). The third kappa shape index (κ3) is 2.39. The highest BCUT2D eigenvalue weighted by Crippen LogP contribution is 2.46. The number of hydrogen-bond donors (Lipinski definition) is 2. The van der Waals surface area contributed by atoms with Crippen LogP contribution >= 0.6 is 0 Å². The van der Waals surface area contributed by atoms with Crippen LogP contribution in [0.1, 0.15) is 16.9 Å². The molecule has 1 amide bonds. The number of amides is 1. The van der Waals surface area contributed by atoms with Gasteiger partial charge in [0.2, 0.25) is 0 Å². The van der Waals surface area contributed by atoms with Gasteiger partial charge in [-0.1, -0.05) is 0 Å². The van der Waals surface area contributed by atoms with Crippen molar-refractivity contribution in [1.82, 2.24) is 9.88 Å². The molecule has 2 rings (SSSR count).